The molecule has 1 aromatic rings. The lowest BCUT2D eigenvalue weighted by Gasteiger charge is -2.30. The Hall–Kier alpha value is -0.520. The summed E-state index contributed by atoms with van der Waals surface area (Å²) in [5, 5.41) is 0. The van der Waals surface area contributed by atoms with Gasteiger partial charge in [-0.05, 0) is 55.6 Å². The minimum Gasteiger partial charge on any atom is -0.308 e. The summed E-state index contributed by atoms with van der Waals surface area (Å²) < 4.78 is 28.0. The van der Waals surface area contributed by atoms with Crippen LogP contribution in [0.1, 0.15) is 19.4 Å². The number of hydrogen-bond donors (Lipinski definition) is 0. The highest BCUT2D eigenvalue weighted by Crippen LogP contribution is 2.23. The maximum atomic E-state index is 14.0. The number of nitrogens with zero attached hydrogens (tertiary/aromatic N) is 2. The lowest BCUT2D eigenvalue weighted by molar-refractivity contribution is 0.170. The average molecular weight is 335 g/mol. The van der Waals surface area contributed by atoms with Gasteiger partial charge in [-0.2, -0.15) is 0 Å². The molecule has 5 heteroatoms. The van der Waals surface area contributed by atoms with E-state index in [9.17, 15) is 8.78 Å². The molecule has 0 radical (unpaired) electrons. The van der Waals surface area contributed by atoms with Gasteiger partial charge in [-0.1, -0.05) is 6.92 Å². The standard InChI is InChI=1S/C14H21BrF2N2/c1-5-19(10(2)8-18(3)4)9-11-13(16)7-6-12(15)14(11)17/h6-7,10H,5,8-9H2,1-4H3. The van der Waals surface area contributed by atoms with Crippen LogP contribution in [-0.4, -0.2) is 43.0 Å². The molecule has 0 N–H and O–H groups in total. The Morgan fingerprint density at radius 3 is 2.42 bits per heavy atom. The molecule has 0 saturated carbocycles. The zero-order chi connectivity index (χ0) is 14.6. The zero-order valence-corrected chi connectivity index (χ0v) is 13.5. The van der Waals surface area contributed by atoms with Crippen molar-refractivity contribution in [1.29, 1.82) is 0 Å². The Morgan fingerprint density at radius 2 is 1.89 bits per heavy atom. The third-order valence-electron chi connectivity index (χ3n) is 3.16. The topological polar surface area (TPSA) is 6.48 Å². The smallest absolute Gasteiger partial charge is 0.144 e. The van der Waals surface area contributed by atoms with Crippen molar-refractivity contribution in [1.82, 2.24) is 9.80 Å². The van der Waals surface area contributed by atoms with E-state index in [0.717, 1.165) is 13.1 Å². The van der Waals surface area contributed by atoms with Crippen LogP contribution in [0.4, 0.5) is 8.78 Å². The van der Waals surface area contributed by atoms with Crippen molar-refractivity contribution in [3.63, 3.8) is 0 Å². The fourth-order valence-electron chi connectivity index (χ4n) is 2.14. The predicted octanol–water partition coefficient (Wildman–Crippen LogP) is 3.50. The van der Waals surface area contributed by atoms with E-state index in [1.54, 1.807) is 0 Å². The van der Waals surface area contributed by atoms with Gasteiger partial charge in [-0.15, -0.1) is 0 Å². The van der Waals surface area contributed by atoms with Crippen LogP contribution in [0, 0.1) is 11.6 Å². The molecule has 0 bridgehead atoms. The largest absolute Gasteiger partial charge is 0.308 e. The molecule has 108 valence electrons. The Morgan fingerprint density at radius 1 is 1.26 bits per heavy atom. The highest BCUT2D eigenvalue weighted by molar-refractivity contribution is 9.10. The van der Waals surface area contributed by atoms with E-state index in [1.165, 1.54) is 12.1 Å². The van der Waals surface area contributed by atoms with Crippen LogP contribution < -0.4 is 0 Å². The van der Waals surface area contributed by atoms with Gasteiger partial charge in [-0.3, -0.25) is 4.90 Å². The van der Waals surface area contributed by atoms with Gasteiger partial charge in [-0.25, -0.2) is 8.78 Å². The number of likely N-dealkylation sites (N-methyl/N-ethyl adjacent to an activating group) is 2. The van der Waals surface area contributed by atoms with Crippen LogP contribution in [0.15, 0.2) is 16.6 Å². The molecule has 0 saturated heterocycles. The lowest BCUT2D eigenvalue weighted by atomic mass is 10.1. The average Bonchev–Trinajstić information content (AvgIpc) is 2.33. The maximum Gasteiger partial charge on any atom is 0.144 e. The summed E-state index contributed by atoms with van der Waals surface area (Å²) in [7, 11) is 3.98. The second-order valence-corrected chi connectivity index (χ2v) is 5.85. The molecular formula is C14H21BrF2N2. The first kappa shape index (κ1) is 16.5. The van der Waals surface area contributed by atoms with Crippen LogP contribution in [0.2, 0.25) is 0 Å². The van der Waals surface area contributed by atoms with Gasteiger partial charge in [0.15, 0.2) is 0 Å². The van der Waals surface area contributed by atoms with Crippen molar-refractivity contribution in [2.24, 2.45) is 0 Å². The summed E-state index contributed by atoms with van der Waals surface area (Å²) in [4.78, 5) is 4.13. The molecule has 0 fully saturated rings. The first-order valence-electron chi connectivity index (χ1n) is 6.38. The van der Waals surface area contributed by atoms with Crippen LogP contribution in [0.25, 0.3) is 0 Å². The number of halogens is 3. The van der Waals surface area contributed by atoms with Crippen LogP contribution >= 0.6 is 15.9 Å². The van der Waals surface area contributed by atoms with E-state index in [0.29, 0.717) is 4.47 Å². The highest BCUT2D eigenvalue weighted by Gasteiger charge is 2.19. The first-order valence-corrected chi connectivity index (χ1v) is 7.17. The lowest BCUT2D eigenvalue weighted by Crippen LogP contribution is -2.39. The van der Waals surface area contributed by atoms with Crippen molar-refractivity contribution >= 4 is 15.9 Å². The summed E-state index contributed by atoms with van der Waals surface area (Å²) in [6, 6.07) is 2.93. The molecular weight excluding hydrogens is 314 g/mol. The Bertz CT molecular complexity index is 424. The van der Waals surface area contributed by atoms with Gasteiger partial charge in [0.25, 0.3) is 0 Å². The normalized spacial score (nSPS) is 13.3. The summed E-state index contributed by atoms with van der Waals surface area (Å²) in [6.45, 7) is 5.95. The second-order valence-electron chi connectivity index (χ2n) is 5.00. The van der Waals surface area contributed by atoms with E-state index in [2.05, 4.69) is 32.7 Å². The quantitative estimate of drug-likeness (QED) is 0.734. The molecule has 1 unspecified atom stereocenters. The Labute approximate surface area is 122 Å². The van der Waals surface area contributed by atoms with Gasteiger partial charge in [0.1, 0.15) is 11.6 Å². The zero-order valence-electron chi connectivity index (χ0n) is 11.9. The monoisotopic (exact) mass is 334 g/mol. The predicted molar refractivity (Wildman–Crippen MR) is 78.2 cm³/mol. The van der Waals surface area contributed by atoms with E-state index in [1.807, 2.05) is 21.0 Å². The van der Waals surface area contributed by atoms with Crippen LogP contribution in [0.3, 0.4) is 0 Å². The molecule has 2 nitrogen and oxygen atoms in total. The summed E-state index contributed by atoms with van der Waals surface area (Å²) in [5.74, 6) is -0.994. The van der Waals surface area contributed by atoms with E-state index >= 15 is 0 Å². The second kappa shape index (κ2) is 7.31. The van der Waals surface area contributed by atoms with E-state index < -0.39 is 11.6 Å². The van der Waals surface area contributed by atoms with Crippen molar-refractivity contribution in [2.45, 2.75) is 26.4 Å². The molecule has 1 aromatic carbocycles. The van der Waals surface area contributed by atoms with E-state index in [4.69, 9.17) is 0 Å². The molecule has 0 aliphatic rings. The fourth-order valence-corrected chi connectivity index (χ4v) is 2.51. The molecule has 0 spiro atoms. The molecule has 0 aliphatic heterocycles. The Kier molecular flexibility index (Phi) is 6.36. The van der Waals surface area contributed by atoms with Crippen molar-refractivity contribution in [3.8, 4) is 0 Å². The summed E-state index contributed by atoms with van der Waals surface area (Å²) in [5.41, 5.74) is 0.127. The molecule has 0 aliphatic carbocycles. The Balaban J connectivity index is 2.90. The number of benzene rings is 1. The minimum absolute atomic E-state index is 0.127. The van der Waals surface area contributed by atoms with Crippen LogP contribution in [0.5, 0.6) is 0 Å². The third-order valence-corrected chi connectivity index (χ3v) is 3.77. The van der Waals surface area contributed by atoms with Crippen molar-refractivity contribution < 1.29 is 8.78 Å². The van der Waals surface area contributed by atoms with Gasteiger partial charge in [0.05, 0.1) is 4.47 Å². The minimum atomic E-state index is -0.504. The van der Waals surface area contributed by atoms with Gasteiger partial charge in [0.2, 0.25) is 0 Å². The molecule has 0 heterocycles. The number of rotatable bonds is 6. The SMILES string of the molecule is CCN(Cc1c(F)ccc(Br)c1F)C(C)CN(C)C. The summed E-state index contributed by atoms with van der Waals surface area (Å²) >= 11 is 3.10. The van der Waals surface area contributed by atoms with Crippen molar-refractivity contribution in [2.75, 3.05) is 27.2 Å². The number of hydrogen-bond acceptors (Lipinski definition) is 2. The molecule has 19 heavy (non-hydrogen) atoms. The molecule has 0 amide bonds. The van der Waals surface area contributed by atoms with Gasteiger partial charge < -0.3 is 4.90 Å². The third kappa shape index (κ3) is 4.51. The van der Waals surface area contributed by atoms with Gasteiger partial charge in [0, 0.05) is 24.7 Å². The van der Waals surface area contributed by atoms with Gasteiger partial charge >= 0.3 is 0 Å². The summed E-state index contributed by atoms with van der Waals surface area (Å²) in [6.07, 6.45) is 0. The van der Waals surface area contributed by atoms with E-state index in [-0.39, 0.29) is 18.2 Å². The first-order chi connectivity index (χ1) is 8.86. The highest BCUT2D eigenvalue weighted by atomic mass is 79.9. The fraction of sp³-hybridized carbons (Fsp3) is 0.571. The van der Waals surface area contributed by atoms with Crippen molar-refractivity contribution in [3.05, 3.63) is 33.8 Å². The maximum absolute atomic E-state index is 14.0. The molecule has 1 atom stereocenters. The molecule has 0 aromatic heterocycles. The van der Waals surface area contributed by atoms with Crippen LogP contribution in [-0.2, 0) is 6.54 Å². The molecule has 1 rings (SSSR count).